The van der Waals surface area contributed by atoms with Gasteiger partial charge in [0.05, 0.1) is 6.04 Å². The van der Waals surface area contributed by atoms with Crippen LogP contribution in [0.3, 0.4) is 0 Å². The standard InChI is InChI=1S/C14H12ClF2N/c1-8-2-3-9(15)6-11(8)14(18)12-7-10(16)4-5-13(12)17/h2-7,14H,18H2,1H3. The van der Waals surface area contributed by atoms with E-state index in [-0.39, 0.29) is 5.56 Å². The van der Waals surface area contributed by atoms with E-state index in [0.717, 1.165) is 23.8 Å². The van der Waals surface area contributed by atoms with Crippen LogP contribution in [0.15, 0.2) is 36.4 Å². The van der Waals surface area contributed by atoms with Gasteiger partial charge in [-0.1, -0.05) is 17.7 Å². The van der Waals surface area contributed by atoms with Crippen molar-refractivity contribution < 1.29 is 8.78 Å². The van der Waals surface area contributed by atoms with E-state index in [4.69, 9.17) is 17.3 Å². The van der Waals surface area contributed by atoms with Crippen LogP contribution in [-0.4, -0.2) is 0 Å². The molecular formula is C14H12ClF2N. The third kappa shape index (κ3) is 2.52. The zero-order valence-corrected chi connectivity index (χ0v) is 10.5. The Bertz CT molecular complexity index is 533. The Morgan fingerprint density at radius 3 is 2.50 bits per heavy atom. The van der Waals surface area contributed by atoms with Crippen molar-refractivity contribution in [2.45, 2.75) is 13.0 Å². The molecule has 0 fully saturated rings. The molecule has 0 spiro atoms. The summed E-state index contributed by atoms with van der Waals surface area (Å²) in [5.41, 5.74) is 7.69. The van der Waals surface area contributed by atoms with E-state index in [0.29, 0.717) is 10.6 Å². The van der Waals surface area contributed by atoms with E-state index >= 15 is 0 Å². The molecule has 0 aliphatic heterocycles. The van der Waals surface area contributed by atoms with Gasteiger partial charge in [0, 0.05) is 10.6 Å². The molecule has 18 heavy (non-hydrogen) atoms. The summed E-state index contributed by atoms with van der Waals surface area (Å²) < 4.78 is 26.8. The normalized spacial score (nSPS) is 12.5. The summed E-state index contributed by atoms with van der Waals surface area (Å²) in [6, 6.07) is 7.72. The van der Waals surface area contributed by atoms with Gasteiger partial charge in [0.15, 0.2) is 0 Å². The first-order chi connectivity index (χ1) is 8.49. The third-order valence-corrected chi connectivity index (χ3v) is 3.10. The number of nitrogens with two attached hydrogens (primary N) is 1. The lowest BCUT2D eigenvalue weighted by Gasteiger charge is -2.16. The van der Waals surface area contributed by atoms with Crippen LogP contribution in [-0.2, 0) is 0 Å². The average Bonchev–Trinajstić information content (AvgIpc) is 2.34. The Morgan fingerprint density at radius 2 is 1.78 bits per heavy atom. The van der Waals surface area contributed by atoms with Crippen molar-refractivity contribution in [2.75, 3.05) is 0 Å². The molecule has 2 aromatic rings. The summed E-state index contributed by atoms with van der Waals surface area (Å²) in [5.74, 6) is -1.04. The monoisotopic (exact) mass is 267 g/mol. The molecule has 2 aromatic carbocycles. The van der Waals surface area contributed by atoms with Gasteiger partial charge in [-0.15, -0.1) is 0 Å². The van der Waals surface area contributed by atoms with Crippen LogP contribution in [0.25, 0.3) is 0 Å². The number of benzene rings is 2. The largest absolute Gasteiger partial charge is 0.320 e. The summed E-state index contributed by atoms with van der Waals surface area (Å²) in [6.07, 6.45) is 0. The van der Waals surface area contributed by atoms with Crippen molar-refractivity contribution >= 4 is 11.6 Å². The topological polar surface area (TPSA) is 26.0 Å². The first-order valence-electron chi connectivity index (χ1n) is 5.45. The van der Waals surface area contributed by atoms with Gasteiger partial charge in [0.2, 0.25) is 0 Å². The molecule has 2 N–H and O–H groups in total. The highest BCUT2D eigenvalue weighted by Gasteiger charge is 2.16. The third-order valence-electron chi connectivity index (χ3n) is 2.87. The predicted molar refractivity (Wildman–Crippen MR) is 68.6 cm³/mol. The minimum absolute atomic E-state index is 0.125. The predicted octanol–water partition coefficient (Wildman–Crippen LogP) is 3.97. The second-order valence-electron chi connectivity index (χ2n) is 4.14. The molecule has 0 saturated heterocycles. The number of aryl methyl sites for hydroxylation is 1. The fourth-order valence-electron chi connectivity index (χ4n) is 1.87. The summed E-state index contributed by atoms with van der Waals surface area (Å²) in [5, 5.41) is 0.517. The highest BCUT2D eigenvalue weighted by Crippen LogP contribution is 2.27. The van der Waals surface area contributed by atoms with E-state index in [1.54, 1.807) is 18.2 Å². The van der Waals surface area contributed by atoms with Gasteiger partial charge in [0.25, 0.3) is 0 Å². The molecule has 0 radical (unpaired) electrons. The second-order valence-corrected chi connectivity index (χ2v) is 4.58. The van der Waals surface area contributed by atoms with Crippen molar-refractivity contribution in [1.29, 1.82) is 0 Å². The van der Waals surface area contributed by atoms with Gasteiger partial charge in [-0.25, -0.2) is 8.78 Å². The van der Waals surface area contributed by atoms with E-state index in [2.05, 4.69) is 0 Å². The molecule has 94 valence electrons. The van der Waals surface area contributed by atoms with Crippen LogP contribution in [0.5, 0.6) is 0 Å². The maximum Gasteiger partial charge on any atom is 0.128 e. The molecule has 0 heterocycles. The highest BCUT2D eigenvalue weighted by atomic mass is 35.5. The van der Waals surface area contributed by atoms with Crippen molar-refractivity contribution in [3.05, 3.63) is 69.7 Å². The van der Waals surface area contributed by atoms with Gasteiger partial charge < -0.3 is 5.73 Å². The summed E-state index contributed by atoms with van der Waals surface area (Å²) >= 11 is 5.90. The van der Waals surface area contributed by atoms with Gasteiger partial charge in [0.1, 0.15) is 11.6 Å². The maximum absolute atomic E-state index is 13.7. The Kier molecular flexibility index (Phi) is 3.64. The molecule has 0 saturated carbocycles. The van der Waals surface area contributed by atoms with Crippen molar-refractivity contribution in [1.82, 2.24) is 0 Å². The van der Waals surface area contributed by atoms with Crippen LogP contribution in [0, 0.1) is 18.6 Å². The quantitative estimate of drug-likeness (QED) is 0.875. The first-order valence-corrected chi connectivity index (χ1v) is 5.83. The molecule has 0 aromatic heterocycles. The zero-order chi connectivity index (χ0) is 13.3. The number of halogens is 3. The molecule has 4 heteroatoms. The lowest BCUT2D eigenvalue weighted by molar-refractivity contribution is 0.576. The van der Waals surface area contributed by atoms with Gasteiger partial charge >= 0.3 is 0 Å². The Hall–Kier alpha value is -1.45. The van der Waals surface area contributed by atoms with Crippen LogP contribution < -0.4 is 5.73 Å². The molecular weight excluding hydrogens is 256 g/mol. The fraction of sp³-hybridized carbons (Fsp3) is 0.143. The zero-order valence-electron chi connectivity index (χ0n) is 9.75. The van der Waals surface area contributed by atoms with Crippen LogP contribution in [0.1, 0.15) is 22.7 Å². The van der Waals surface area contributed by atoms with E-state index in [1.807, 2.05) is 6.92 Å². The van der Waals surface area contributed by atoms with E-state index in [9.17, 15) is 8.78 Å². The van der Waals surface area contributed by atoms with Crippen LogP contribution in [0.4, 0.5) is 8.78 Å². The van der Waals surface area contributed by atoms with E-state index in [1.165, 1.54) is 0 Å². The van der Waals surface area contributed by atoms with Gasteiger partial charge in [-0.05, 0) is 48.4 Å². The molecule has 1 nitrogen and oxygen atoms in total. The number of rotatable bonds is 2. The summed E-state index contributed by atoms with van der Waals surface area (Å²) in [7, 11) is 0. The van der Waals surface area contributed by atoms with Crippen LogP contribution >= 0.6 is 11.6 Å². The summed E-state index contributed by atoms with van der Waals surface area (Å²) in [4.78, 5) is 0. The molecule has 0 aliphatic rings. The molecule has 2 rings (SSSR count). The molecule has 1 unspecified atom stereocenters. The minimum atomic E-state index is -0.737. The molecule has 1 atom stereocenters. The molecule has 0 amide bonds. The second kappa shape index (κ2) is 5.04. The maximum atomic E-state index is 13.7. The van der Waals surface area contributed by atoms with Crippen molar-refractivity contribution in [2.24, 2.45) is 5.73 Å². The number of hydrogen-bond acceptors (Lipinski definition) is 1. The lowest BCUT2D eigenvalue weighted by Crippen LogP contribution is -2.15. The van der Waals surface area contributed by atoms with Gasteiger partial charge in [-0.3, -0.25) is 0 Å². The average molecular weight is 268 g/mol. The Morgan fingerprint density at radius 1 is 1.06 bits per heavy atom. The van der Waals surface area contributed by atoms with Crippen molar-refractivity contribution in [3.63, 3.8) is 0 Å². The Balaban J connectivity index is 2.50. The number of hydrogen-bond donors (Lipinski definition) is 1. The van der Waals surface area contributed by atoms with Crippen molar-refractivity contribution in [3.8, 4) is 0 Å². The summed E-state index contributed by atoms with van der Waals surface area (Å²) in [6.45, 7) is 1.85. The fourth-order valence-corrected chi connectivity index (χ4v) is 2.05. The SMILES string of the molecule is Cc1ccc(Cl)cc1C(N)c1cc(F)ccc1F. The first kappa shape index (κ1) is 13.0. The lowest BCUT2D eigenvalue weighted by atomic mass is 9.95. The smallest absolute Gasteiger partial charge is 0.128 e. The highest BCUT2D eigenvalue weighted by molar-refractivity contribution is 6.30. The Labute approximate surface area is 109 Å². The molecule has 0 bridgehead atoms. The van der Waals surface area contributed by atoms with Crippen LogP contribution in [0.2, 0.25) is 5.02 Å². The molecule has 0 aliphatic carbocycles. The minimum Gasteiger partial charge on any atom is -0.320 e. The van der Waals surface area contributed by atoms with E-state index < -0.39 is 17.7 Å². The van der Waals surface area contributed by atoms with Gasteiger partial charge in [-0.2, -0.15) is 0 Å².